The molecule has 0 radical (unpaired) electrons. The number of nitrogens with zero attached hydrogens (tertiary/aromatic N) is 3. The fraction of sp³-hybridized carbons (Fsp3) is 0.412. The van der Waals surface area contributed by atoms with Crippen LogP contribution in [0.5, 0.6) is 0 Å². The Morgan fingerprint density at radius 2 is 1.82 bits per heavy atom. The van der Waals surface area contributed by atoms with Crippen LogP contribution in [0.3, 0.4) is 0 Å². The van der Waals surface area contributed by atoms with Gasteiger partial charge in [-0.1, -0.05) is 11.6 Å². The van der Waals surface area contributed by atoms with E-state index in [4.69, 9.17) is 16.6 Å². The standard InChI is InChI=1S/C17H21ClN4/c1-12-13(2)20-16(14-4-6-15(18)7-5-14)21-17(12)22-10-3-8-19-9-11-22/h4-7,19H,3,8-11H2,1-2H3. The third-order valence-corrected chi connectivity index (χ3v) is 4.36. The predicted octanol–water partition coefficient (Wildman–Crippen LogP) is 3.21. The van der Waals surface area contributed by atoms with Crippen LogP contribution in [0.25, 0.3) is 11.4 Å². The highest BCUT2D eigenvalue weighted by molar-refractivity contribution is 6.30. The molecule has 1 aliphatic rings. The van der Waals surface area contributed by atoms with Gasteiger partial charge in [0.25, 0.3) is 0 Å². The molecule has 0 bridgehead atoms. The molecule has 22 heavy (non-hydrogen) atoms. The van der Waals surface area contributed by atoms with Crippen molar-refractivity contribution in [2.75, 3.05) is 31.1 Å². The van der Waals surface area contributed by atoms with E-state index in [0.29, 0.717) is 0 Å². The molecule has 1 aliphatic heterocycles. The lowest BCUT2D eigenvalue weighted by molar-refractivity contribution is 0.724. The minimum absolute atomic E-state index is 0.728. The van der Waals surface area contributed by atoms with Gasteiger partial charge in [0.15, 0.2) is 5.82 Å². The smallest absolute Gasteiger partial charge is 0.161 e. The van der Waals surface area contributed by atoms with Crippen LogP contribution in [-0.2, 0) is 0 Å². The molecule has 4 nitrogen and oxygen atoms in total. The second-order valence-electron chi connectivity index (χ2n) is 5.68. The quantitative estimate of drug-likeness (QED) is 0.923. The highest BCUT2D eigenvalue weighted by Gasteiger charge is 2.17. The first kappa shape index (κ1) is 15.3. The van der Waals surface area contributed by atoms with E-state index in [1.54, 1.807) is 0 Å². The molecule has 1 aromatic carbocycles. The Balaban J connectivity index is 2.00. The van der Waals surface area contributed by atoms with Crippen LogP contribution in [0.15, 0.2) is 24.3 Å². The topological polar surface area (TPSA) is 41.1 Å². The lowest BCUT2D eigenvalue weighted by Gasteiger charge is -2.24. The van der Waals surface area contributed by atoms with Crippen molar-refractivity contribution in [1.82, 2.24) is 15.3 Å². The molecule has 0 amide bonds. The van der Waals surface area contributed by atoms with E-state index in [0.717, 1.165) is 60.5 Å². The highest BCUT2D eigenvalue weighted by atomic mass is 35.5. The molecule has 0 saturated carbocycles. The Morgan fingerprint density at radius 3 is 2.59 bits per heavy atom. The number of benzene rings is 1. The van der Waals surface area contributed by atoms with Gasteiger partial charge in [0.05, 0.1) is 0 Å². The van der Waals surface area contributed by atoms with E-state index < -0.39 is 0 Å². The summed E-state index contributed by atoms with van der Waals surface area (Å²) in [6, 6.07) is 7.70. The number of anilines is 1. The molecule has 0 atom stereocenters. The average molecular weight is 317 g/mol. The molecule has 0 unspecified atom stereocenters. The summed E-state index contributed by atoms with van der Waals surface area (Å²) >= 11 is 5.97. The molecular formula is C17H21ClN4. The number of aryl methyl sites for hydroxylation is 1. The van der Waals surface area contributed by atoms with Gasteiger partial charge >= 0.3 is 0 Å². The summed E-state index contributed by atoms with van der Waals surface area (Å²) in [5.41, 5.74) is 3.20. The van der Waals surface area contributed by atoms with Crippen molar-refractivity contribution in [3.05, 3.63) is 40.5 Å². The number of aromatic nitrogens is 2. The molecule has 1 aromatic heterocycles. The molecule has 0 aliphatic carbocycles. The fourth-order valence-corrected chi connectivity index (χ4v) is 2.83. The Bertz CT molecular complexity index is 646. The van der Waals surface area contributed by atoms with Gasteiger partial charge in [0, 0.05) is 41.5 Å². The Morgan fingerprint density at radius 1 is 1.05 bits per heavy atom. The Labute approximate surface area is 136 Å². The SMILES string of the molecule is Cc1nc(-c2ccc(Cl)cc2)nc(N2CCCNCC2)c1C. The lowest BCUT2D eigenvalue weighted by atomic mass is 10.1. The first-order valence-electron chi connectivity index (χ1n) is 7.72. The van der Waals surface area contributed by atoms with Crippen molar-refractivity contribution in [1.29, 1.82) is 0 Å². The zero-order valence-corrected chi connectivity index (χ0v) is 13.8. The largest absolute Gasteiger partial charge is 0.355 e. The van der Waals surface area contributed by atoms with Crippen LogP contribution >= 0.6 is 11.6 Å². The average Bonchev–Trinajstić information content (AvgIpc) is 2.80. The van der Waals surface area contributed by atoms with Crippen molar-refractivity contribution in [2.24, 2.45) is 0 Å². The maximum Gasteiger partial charge on any atom is 0.161 e. The third kappa shape index (κ3) is 3.23. The first-order chi connectivity index (χ1) is 10.6. The maximum absolute atomic E-state index is 5.97. The number of halogens is 1. The van der Waals surface area contributed by atoms with Crippen LogP contribution < -0.4 is 10.2 Å². The van der Waals surface area contributed by atoms with E-state index in [9.17, 15) is 0 Å². The third-order valence-electron chi connectivity index (χ3n) is 4.11. The van der Waals surface area contributed by atoms with Crippen LogP contribution in [0.1, 0.15) is 17.7 Å². The number of hydrogen-bond acceptors (Lipinski definition) is 4. The second kappa shape index (κ2) is 6.63. The first-order valence-corrected chi connectivity index (χ1v) is 8.10. The fourth-order valence-electron chi connectivity index (χ4n) is 2.71. The Kier molecular flexibility index (Phi) is 4.60. The summed E-state index contributed by atoms with van der Waals surface area (Å²) < 4.78 is 0. The van der Waals surface area contributed by atoms with Gasteiger partial charge < -0.3 is 10.2 Å². The van der Waals surface area contributed by atoms with Gasteiger partial charge in [0.2, 0.25) is 0 Å². The van der Waals surface area contributed by atoms with E-state index in [1.807, 2.05) is 24.3 Å². The molecule has 1 N–H and O–H groups in total. The number of hydrogen-bond donors (Lipinski definition) is 1. The van der Waals surface area contributed by atoms with Crippen LogP contribution in [0.2, 0.25) is 5.02 Å². The van der Waals surface area contributed by atoms with Crippen molar-refractivity contribution >= 4 is 17.4 Å². The summed E-state index contributed by atoms with van der Waals surface area (Å²) in [5, 5.41) is 4.16. The van der Waals surface area contributed by atoms with E-state index in [-0.39, 0.29) is 0 Å². The van der Waals surface area contributed by atoms with Crippen LogP contribution in [0, 0.1) is 13.8 Å². The van der Waals surface area contributed by atoms with Gasteiger partial charge in [-0.2, -0.15) is 0 Å². The number of rotatable bonds is 2. The molecule has 116 valence electrons. The molecular weight excluding hydrogens is 296 g/mol. The van der Waals surface area contributed by atoms with Crippen LogP contribution in [-0.4, -0.2) is 36.1 Å². The number of nitrogens with one attached hydrogen (secondary N) is 1. The normalized spacial score (nSPS) is 15.7. The summed E-state index contributed by atoms with van der Waals surface area (Å²) in [5.74, 6) is 1.83. The van der Waals surface area contributed by atoms with Crippen LogP contribution in [0.4, 0.5) is 5.82 Å². The minimum Gasteiger partial charge on any atom is -0.355 e. The summed E-state index contributed by atoms with van der Waals surface area (Å²) in [6.07, 6.45) is 1.14. The van der Waals surface area contributed by atoms with Gasteiger partial charge in [-0.05, 0) is 51.1 Å². The maximum atomic E-state index is 5.97. The summed E-state index contributed by atoms with van der Waals surface area (Å²) in [6.45, 7) is 8.24. The van der Waals surface area contributed by atoms with Crippen molar-refractivity contribution in [3.8, 4) is 11.4 Å². The van der Waals surface area contributed by atoms with Crippen molar-refractivity contribution in [3.63, 3.8) is 0 Å². The molecule has 2 aromatic rings. The van der Waals surface area contributed by atoms with Crippen molar-refractivity contribution in [2.45, 2.75) is 20.3 Å². The lowest BCUT2D eigenvalue weighted by Crippen LogP contribution is -2.29. The molecule has 3 rings (SSSR count). The molecule has 2 heterocycles. The molecule has 0 spiro atoms. The van der Waals surface area contributed by atoms with E-state index in [1.165, 1.54) is 5.56 Å². The summed E-state index contributed by atoms with van der Waals surface area (Å²) in [7, 11) is 0. The van der Waals surface area contributed by atoms with E-state index in [2.05, 4.69) is 29.0 Å². The molecule has 1 fully saturated rings. The Hall–Kier alpha value is -1.65. The summed E-state index contributed by atoms with van der Waals surface area (Å²) in [4.78, 5) is 11.9. The highest BCUT2D eigenvalue weighted by Crippen LogP contribution is 2.25. The van der Waals surface area contributed by atoms with Gasteiger partial charge in [0.1, 0.15) is 5.82 Å². The van der Waals surface area contributed by atoms with Gasteiger partial charge in [-0.3, -0.25) is 0 Å². The van der Waals surface area contributed by atoms with Gasteiger partial charge in [-0.25, -0.2) is 9.97 Å². The minimum atomic E-state index is 0.728. The zero-order valence-electron chi connectivity index (χ0n) is 13.1. The predicted molar refractivity (Wildman–Crippen MR) is 91.7 cm³/mol. The molecule has 5 heteroatoms. The second-order valence-corrected chi connectivity index (χ2v) is 6.12. The molecule has 1 saturated heterocycles. The monoisotopic (exact) mass is 316 g/mol. The zero-order chi connectivity index (χ0) is 15.5. The van der Waals surface area contributed by atoms with Gasteiger partial charge in [-0.15, -0.1) is 0 Å². The van der Waals surface area contributed by atoms with E-state index >= 15 is 0 Å². The van der Waals surface area contributed by atoms with Crippen molar-refractivity contribution < 1.29 is 0 Å².